The van der Waals surface area contributed by atoms with E-state index in [1.807, 2.05) is 12.1 Å². The number of ether oxygens (including phenoxy) is 1. The van der Waals surface area contributed by atoms with Crippen LogP contribution in [0.2, 0.25) is 5.02 Å². The molecular formula is C18H28ClNO. The van der Waals surface area contributed by atoms with Gasteiger partial charge in [0.05, 0.1) is 6.10 Å². The van der Waals surface area contributed by atoms with E-state index in [2.05, 4.69) is 45.1 Å². The average Bonchev–Trinajstić information content (AvgIpc) is 2.46. The number of rotatable bonds is 5. The number of hydrogen-bond acceptors (Lipinski definition) is 2. The summed E-state index contributed by atoms with van der Waals surface area (Å²) in [5.41, 5.74) is 1.32. The molecule has 1 N–H and O–H groups in total. The van der Waals surface area contributed by atoms with Gasteiger partial charge in [-0.1, -0.05) is 51.4 Å². The van der Waals surface area contributed by atoms with Crippen LogP contribution in [0.15, 0.2) is 24.3 Å². The van der Waals surface area contributed by atoms with Crippen molar-refractivity contribution in [1.82, 2.24) is 5.32 Å². The van der Waals surface area contributed by atoms with Gasteiger partial charge in [-0.25, -0.2) is 0 Å². The molecule has 1 aliphatic heterocycles. The minimum atomic E-state index is 0.373. The van der Waals surface area contributed by atoms with Gasteiger partial charge >= 0.3 is 0 Å². The Kier molecular flexibility index (Phi) is 6.09. The molecule has 1 aromatic rings. The van der Waals surface area contributed by atoms with Gasteiger partial charge in [0.25, 0.3) is 0 Å². The summed E-state index contributed by atoms with van der Waals surface area (Å²) in [4.78, 5) is 0. The third-order valence-electron chi connectivity index (χ3n) is 4.37. The van der Waals surface area contributed by atoms with Crippen LogP contribution in [0, 0.1) is 11.8 Å². The SMILES string of the molecule is CC(C)C1CC(NC(c2ccc(Cl)cc2)C(C)C)CCO1. The third kappa shape index (κ3) is 4.70. The van der Waals surface area contributed by atoms with Gasteiger partial charge < -0.3 is 10.1 Å². The fraction of sp³-hybridized carbons (Fsp3) is 0.667. The van der Waals surface area contributed by atoms with Crippen molar-refractivity contribution in [3.8, 4) is 0 Å². The summed E-state index contributed by atoms with van der Waals surface area (Å²) >= 11 is 6.00. The number of nitrogens with one attached hydrogen (secondary N) is 1. The van der Waals surface area contributed by atoms with Crippen LogP contribution in [0.5, 0.6) is 0 Å². The smallest absolute Gasteiger partial charge is 0.0612 e. The molecule has 1 aliphatic rings. The molecule has 0 bridgehead atoms. The predicted molar refractivity (Wildman–Crippen MR) is 89.8 cm³/mol. The van der Waals surface area contributed by atoms with E-state index in [4.69, 9.17) is 16.3 Å². The van der Waals surface area contributed by atoms with Crippen LogP contribution in [0.4, 0.5) is 0 Å². The predicted octanol–water partition coefficient (Wildman–Crippen LogP) is 4.83. The minimum absolute atomic E-state index is 0.373. The summed E-state index contributed by atoms with van der Waals surface area (Å²) in [6.45, 7) is 9.89. The summed E-state index contributed by atoms with van der Waals surface area (Å²) in [5.74, 6) is 1.13. The van der Waals surface area contributed by atoms with Crippen LogP contribution in [0.1, 0.15) is 52.1 Å². The van der Waals surface area contributed by atoms with Gasteiger partial charge in [-0.2, -0.15) is 0 Å². The zero-order valence-electron chi connectivity index (χ0n) is 13.6. The second-order valence-electron chi connectivity index (χ2n) is 6.81. The van der Waals surface area contributed by atoms with Crippen LogP contribution < -0.4 is 5.32 Å². The van der Waals surface area contributed by atoms with Crippen molar-refractivity contribution in [1.29, 1.82) is 0 Å². The topological polar surface area (TPSA) is 21.3 Å². The molecule has 1 saturated heterocycles. The van der Waals surface area contributed by atoms with E-state index in [1.165, 1.54) is 5.56 Å². The molecule has 0 radical (unpaired) electrons. The fourth-order valence-electron chi connectivity index (χ4n) is 3.04. The van der Waals surface area contributed by atoms with Crippen molar-refractivity contribution in [2.24, 2.45) is 11.8 Å². The zero-order valence-corrected chi connectivity index (χ0v) is 14.4. The summed E-state index contributed by atoms with van der Waals surface area (Å²) in [6, 6.07) is 9.15. The van der Waals surface area contributed by atoms with Crippen LogP contribution in [-0.4, -0.2) is 18.8 Å². The van der Waals surface area contributed by atoms with Crippen molar-refractivity contribution >= 4 is 11.6 Å². The van der Waals surface area contributed by atoms with Gasteiger partial charge in [-0.15, -0.1) is 0 Å². The molecule has 1 heterocycles. The molecule has 3 atom stereocenters. The highest BCUT2D eigenvalue weighted by Gasteiger charge is 2.27. The first-order chi connectivity index (χ1) is 9.97. The highest BCUT2D eigenvalue weighted by Crippen LogP contribution is 2.27. The Morgan fingerprint density at radius 1 is 1.14 bits per heavy atom. The van der Waals surface area contributed by atoms with Gasteiger partial charge in [0.15, 0.2) is 0 Å². The minimum Gasteiger partial charge on any atom is -0.378 e. The van der Waals surface area contributed by atoms with E-state index in [0.29, 0.717) is 30.0 Å². The normalized spacial score (nSPS) is 24.5. The Labute approximate surface area is 134 Å². The van der Waals surface area contributed by atoms with Crippen LogP contribution >= 0.6 is 11.6 Å². The van der Waals surface area contributed by atoms with Gasteiger partial charge in [0.1, 0.15) is 0 Å². The Morgan fingerprint density at radius 3 is 2.38 bits per heavy atom. The lowest BCUT2D eigenvalue weighted by Crippen LogP contribution is -2.43. The van der Waals surface area contributed by atoms with Crippen molar-refractivity contribution in [3.63, 3.8) is 0 Å². The molecule has 3 unspecified atom stereocenters. The van der Waals surface area contributed by atoms with Crippen LogP contribution in [0.25, 0.3) is 0 Å². The van der Waals surface area contributed by atoms with Gasteiger partial charge in [0.2, 0.25) is 0 Å². The molecule has 118 valence electrons. The summed E-state index contributed by atoms with van der Waals surface area (Å²) in [7, 11) is 0. The highest BCUT2D eigenvalue weighted by molar-refractivity contribution is 6.30. The quantitative estimate of drug-likeness (QED) is 0.841. The lowest BCUT2D eigenvalue weighted by Gasteiger charge is -2.36. The Bertz CT molecular complexity index is 429. The van der Waals surface area contributed by atoms with Crippen molar-refractivity contribution in [2.45, 2.75) is 58.7 Å². The fourth-order valence-corrected chi connectivity index (χ4v) is 3.17. The molecule has 0 aliphatic carbocycles. The second-order valence-corrected chi connectivity index (χ2v) is 7.25. The van der Waals surface area contributed by atoms with E-state index >= 15 is 0 Å². The third-order valence-corrected chi connectivity index (χ3v) is 4.62. The van der Waals surface area contributed by atoms with E-state index in [1.54, 1.807) is 0 Å². The lowest BCUT2D eigenvalue weighted by atomic mass is 9.91. The second kappa shape index (κ2) is 7.62. The maximum Gasteiger partial charge on any atom is 0.0612 e. The molecule has 1 aromatic carbocycles. The first-order valence-electron chi connectivity index (χ1n) is 8.10. The van der Waals surface area contributed by atoms with Crippen molar-refractivity contribution < 1.29 is 4.74 Å². The molecule has 2 nitrogen and oxygen atoms in total. The Hall–Kier alpha value is -0.570. The standard InChI is InChI=1S/C18H28ClNO/c1-12(2)17-11-16(9-10-21-17)20-18(13(3)4)14-5-7-15(19)8-6-14/h5-8,12-13,16-18,20H,9-11H2,1-4H3. The van der Waals surface area contributed by atoms with Crippen molar-refractivity contribution in [3.05, 3.63) is 34.9 Å². The Balaban J connectivity index is 2.04. The monoisotopic (exact) mass is 309 g/mol. The van der Waals surface area contributed by atoms with Crippen LogP contribution in [-0.2, 0) is 4.74 Å². The zero-order chi connectivity index (χ0) is 15.4. The van der Waals surface area contributed by atoms with E-state index in [-0.39, 0.29) is 0 Å². The van der Waals surface area contributed by atoms with Gasteiger partial charge in [0, 0.05) is 23.7 Å². The van der Waals surface area contributed by atoms with Crippen molar-refractivity contribution in [2.75, 3.05) is 6.61 Å². The van der Waals surface area contributed by atoms with Gasteiger partial charge in [-0.3, -0.25) is 0 Å². The summed E-state index contributed by atoms with van der Waals surface area (Å²) < 4.78 is 5.88. The highest BCUT2D eigenvalue weighted by atomic mass is 35.5. The molecule has 1 fully saturated rings. The van der Waals surface area contributed by atoms with Gasteiger partial charge in [-0.05, 0) is 42.4 Å². The molecule has 0 saturated carbocycles. The first-order valence-corrected chi connectivity index (χ1v) is 8.48. The molecule has 21 heavy (non-hydrogen) atoms. The lowest BCUT2D eigenvalue weighted by molar-refractivity contribution is -0.0268. The molecule has 0 aromatic heterocycles. The molecule has 0 spiro atoms. The van der Waals surface area contributed by atoms with E-state index < -0.39 is 0 Å². The van der Waals surface area contributed by atoms with E-state index in [9.17, 15) is 0 Å². The number of halogens is 1. The Morgan fingerprint density at radius 2 is 1.81 bits per heavy atom. The van der Waals surface area contributed by atoms with Crippen LogP contribution in [0.3, 0.4) is 0 Å². The number of benzene rings is 1. The maximum absolute atomic E-state index is 6.00. The first kappa shape index (κ1) is 16.8. The molecular weight excluding hydrogens is 282 g/mol. The summed E-state index contributed by atoms with van der Waals surface area (Å²) in [6.07, 6.45) is 2.59. The largest absolute Gasteiger partial charge is 0.378 e. The average molecular weight is 310 g/mol. The van der Waals surface area contributed by atoms with E-state index in [0.717, 1.165) is 24.5 Å². The molecule has 2 rings (SSSR count). The number of hydrogen-bond donors (Lipinski definition) is 1. The molecule has 3 heteroatoms. The molecule has 0 amide bonds. The summed E-state index contributed by atoms with van der Waals surface area (Å²) in [5, 5.41) is 4.65. The maximum atomic E-state index is 6.00.